The number of amides is 1. The molecule has 0 aliphatic carbocycles. The predicted molar refractivity (Wildman–Crippen MR) is 67.7 cm³/mol. The first-order valence-electron chi connectivity index (χ1n) is 6.00. The van der Waals surface area contributed by atoms with Crippen molar-refractivity contribution in [1.29, 1.82) is 0 Å². The Morgan fingerprint density at radius 2 is 2.00 bits per heavy atom. The average Bonchev–Trinajstić information content (AvgIpc) is 2.35. The Morgan fingerprint density at radius 1 is 1.39 bits per heavy atom. The summed E-state index contributed by atoms with van der Waals surface area (Å²) in [5.74, 6) is 1.34. The van der Waals surface area contributed by atoms with Crippen molar-refractivity contribution >= 4 is 5.91 Å². The molecule has 0 aromatic heterocycles. The van der Waals surface area contributed by atoms with Gasteiger partial charge in [0.2, 0.25) is 5.91 Å². The van der Waals surface area contributed by atoms with Gasteiger partial charge in [-0.15, -0.1) is 0 Å². The number of benzene rings is 1. The molecule has 2 rings (SSSR count). The van der Waals surface area contributed by atoms with E-state index in [2.05, 4.69) is 5.32 Å². The second kappa shape index (κ2) is 5.27. The summed E-state index contributed by atoms with van der Waals surface area (Å²) in [5, 5.41) is 2.79. The highest BCUT2D eigenvalue weighted by molar-refractivity contribution is 5.80. The number of hydrogen-bond acceptors (Lipinski definition) is 4. The first kappa shape index (κ1) is 12.7. The lowest BCUT2D eigenvalue weighted by Gasteiger charge is -2.20. The van der Waals surface area contributed by atoms with Gasteiger partial charge in [-0.1, -0.05) is 0 Å². The summed E-state index contributed by atoms with van der Waals surface area (Å²) in [6.07, 6.45) is 0. The van der Waals surface area contributed by atoms with Crippen molar-refractivity contribution in [1.82, 2.24) is 5.32 Å². The molecule has 3 N–H and O–H groups in total. The van der Waals surface area contributed by atoms with Gasteiger partial charge in [0.15, 0.2) is 11.5 Å². The molecule has 1 aliphatic rings. The van der Waals surface area contributed by atoms with Crippen LogP contribution in [0.1, 0.15) is 18.1 Å². The lowest BCUT2D eigenvalue weighted by Crippen LogP contribution is -2.37. The van der Waals surface area contributed by atoms with Crippen molar-refractivity contribution in [3.8, 4) is 11.5 Å². The third kappa shape index (κ3) is 2.73. The number of carbonyl (C=O) groups excluding carboxylic acids is 1. The largest absolute Gasteiger partial charge is 0.486 e. The number of carbonyl (C=O) groups is 1. The molecular formula is C13H18N2O3. The molecule has 98 valence electrons. The van der Waals surface area contributed by atoms with Gasteiger partial charge < -0.3 is 20.5 Å². The van der Waals surface area contributed by atoms with Crippen LogP contribution in [0, 0.1) is 6.92 Å². The number of hydrogen-bond donors (Lipinski definition) is 2. The van der Waals surface area contributed by atoms with Gasteiger partial charge in [-0.05, 0) is 37.1 Å². The highest BCUT2D eigenvalue weighted by Crippen LogP contribution is 2.32. The summed E-state index contributed by atoms with van der Waals surface area (Å²) in [6.45, 7) is 5.22. The van der Waals surface area contributed by atoms with E-state index in [0.29, 0.717) is 19.8 Å². The molecule has 1 aliphatic heterocycles. The number of rotatable bonds is 3. The molecular weight excluding hydrogens is 232 g/mol. The van der Waals surface area contributed by atoms with Gasteiger partial charge in [0.25, 0.3) is 0 Å². The third-order valence-corrected chi connectivity index (χ3v) is 2.87. The highest BCUT2D eigenvalue weighted by atomic mass is 16.6. The summed E-state index contributed by atoms with van der Waals surface area (Å²) in [6, 6.07) is 3.34. The minimum Gasteiger partial charge on any atom is -0.486 e. The van der Waals surface area contributed by atoms with Gasteiger partial charge in [0.05, 0.1) is 6.04 Å². The lowest BCUT2D eigenvalue weighted by atomic mass is 10.1. The summed E-state index contributed by atoms with van der Waals surface area (Å²) in [4.78, 5) is 11.4. The Morgan fingerprint density at radius 3 is 2.61 bits per heavy atom. The molecule has 1 atom stereocenters. The topological polar surface area (TPSA) is 73.6 Å². The van der Waals surface area contributed by atoms with Crippen LogP contribution in [0.2, 0.25) is 0 Å². The Kier molecular flexibility index (Phi) is 3.72. The molecule has 0 fully saturated rings. The van der Waals surface area contributed by atoms with E-state index in [1.165, 1.54) is 0 Å². The van der Waals surface area contributed by atoms with Crippen molar-refractivity contribution in [2.75, 3.05) is 13.2 Å². The normalized spacial score (nSPS) is 15.1. The van der Waals surface area contributed by atoms with E-state index in [1.807, 2.05) is 19.1 Å². The van der Waals surface area contributed by atoms with Gasteiger partial charge in [-0.25, -0.2) is 0 Å². The van der Waals surface area contributed by atoms with Gasteiger partial charge in [0, 0.05) is 6.54 Å². The fourth-order valence-corrected chi connectivity index (χ4v) is 1.77. The molecule has 1 aromatic rings. The molecule has 0 spiro atoms. The zero-order chi connectivity index (χ0) is 13.1. The summed E-state index contributed by atoms with van der Waals surface area (Å²) >= 11 is 0. The molecule has 1 unspecified atom stereocenters. The van der Waals surface area contributed by atoms with E-state index in [0.717, 1.165) is 22.6 Å². The van der Waals surface area contributed by atoms with Gasteiger partial charge in [-0.2, -0.15) is 0 Å². The zero-order valence-corrected chi connectivity index (χ0v) is 10.7. The van der Waals surface area contributed by atoms with Gasteiger partial charge >= 0.3 is 0 Å². The van der Waals surface area contributed by atoms with Crippen molar-refractivity contribution in [2.24, 2.45) is 5.73 Å². The van der Waals surface area contributed by atoms with E-state index < -0.39 is 6.04 Å². The summed E-state index contributed by atoms with van der Waals surface area (Å²) < 4.78 is 11.0. The SMILES string of the molecule is Cc1cc2c(cc1CNC(=O)C(C)N)OCCO2. The molecule has 5 nitrogen and oxygen atoms in total. The fourth-order valence-electron chi connectivity index (χ4n) is 1.77. The zero-order valence-electron chi connectivity index (χ0n) is 10.7. The van der Waals surface area contributed by atoms with Crippen LogP contribution >= 0.6 is 0 Å². The molecule has 0 bridgehead atoms. The number of nitrogens with one attached hydrogen (secondary N) is 1. The number of aryl methyl sites for hydroxylation is 1. The first-order chi connectivity index (χ1) is 8.58. The molecule has 0 saturated heterocycles. The van der Waals surface area contributed by atoms with Crippen molar-refractivity contribution in [3.05, 3.63) is 23.3 Å². The van der Waals surface area contributed by atoms with Crippen LogP contribution in [0.15, 0.2) is 12.1 Å². The van der Waals surface area contributed by atoms with E-state index in [4.69, 9.17) is 15.2 Å². The van der Waals surface area contributed by atoms with Crippen LogP contribution in [0.3, 0.4) is 0 Å². The van der Waals surface area contributed by atoms with Crippen LogP contribution in [0.4, 0.5) is 0 Å². The first-order valence-corrected chi connectivity index (χ1v) is 6.00. The Balaban J connectivity index is 2.11. The fraction of sp³-hybridized carbons (Fsp3) is 0.462. The monoisotopic (exact) mass is 250 g/mol. The molecule has 1 aromatic carbocycles. The van der Waals surface area contributed by atoms with E-state index in [1.54, 1.807) is 6.92 Å². The number of nitrogens with two attached hydrogens (primary N) is 1. The average molecular weight is 250 g/mol. The molecule has 0 radical (unpaired) electrons. The molecule has 5 heteroatoms. The maximum absolute atomic E-state index is 11.4. The van der Waals surface area contributed by atoms with Crippen LogP contribution < -0.4 is 20.5 Å². The van der Waals surface area contributed by atoms with Crippen LogP contribution in [0.25, 0.3) is 0 Å². The van der Waals surface area contributed by atoms with Crippen molar-refractivity contribution in [2.45, 2.75) is 26.4 Å². The van der Waals surface area contributed by atoms with E-state index >= 15 is 0 Å². The quantitative estimate of drug-likeness (QED) is 0.829. The minimum atomic E-state index is -0.498. The molecule has 1 heterocycles. The maximum atomic E-state index is 11.4. The van der Waals surface area contributed by atoms with Crippen molar-refractivity contribution < 1.29 is 14.3 Å². The number of ether oxygens (including phenoxy) is 2. The Bertz CT molecular complexity index is 458. The summed E-state index contributed by atoms with van der Waals surface area (Å²) in [5.41, 5.74) is 7.56. The van der Waals surface area contributed by atoms with Crippen LogP contribution in [0.5, 0.6) is 11.5 Å². The minimum absolute atomic E-state index is 0.163. The Labute approximate surface area is 106 Å². The second-order valence-electron chi connectivity index (χ2n) is 4.43. The third-order valence-electron chi connectivity index (χ3n) is 2.87. The van der Waals surface area contributed by atoms with Crippen LogP contribution in [-0.4, -0.2) is 25.2 Å². The Hall–Kier alpha value is -1.75. The standard InChI is InChI=1S/C13H18N2O3/c1-8-5-11-12(18-4-3-17-11)6-10(8)7-15-13(16)9(2)14/h5-6,9H,3-4,7,14H2,1-2H3,(H,15,16). The smallest absolute Gasteiger partial charge is 0.236 e. The molecule has 18 heavy (non-hydrogen) atoms. The molecule has 1 amide bonds. The number of fused-ring (bicyclic) bond motifs is 1. The maximum Gasteiger partial charge on any atom is 0.236 e. The van der Waals surface area contributed by atoms with Gasteiger partial charge in [-0.3, -0.25) is 4.79 Å². The second-order valence-corrected chi connectivity index (χ2v) is 4.43. The van der Waals surface area contributed by atoms with E-state index in [9.17, 15) is 4.79 Å². The highest BCUT2D eigenvalue weighted by Gasteiger charge is 2.15. The predicted octanol–water partition coefficient (Wildman–Crippen LogP) is 0.730. The lowest BCUT2D eigenvalue weighted by molar-refractivity contribution is -0.122. The van der Waals surface area contributed by atoms with E-state index in [-0.39, 0.29) is 5.91 Å². The van der Waals surface area contributed by atoms with Crippen molar-refractivity contribution in [3.63, 3.8) is 0 Å². The van der Waals surface area contributed by atoms with Crippen LogP contribution in [-0.2, 0) is 11.3 Å². The molecule has 0 saturated carbocycles. The van der Waals surface area contributed by atoms with Gasteiger partial charge in [0.1, 0.15) is 13.2 Å². The summed E-state index contributed by atoms with van der Waals surface area (Å²) in [7, 11) is 0.